The zero-order valence-corrected chi connectivity index (χ0v) is 51.7. The molecule has 18 rings (SSSR count). The van der Waals surface area contributed by atoms with Gasteiger partial charge in [-0.1, -0.05) is 55.4 Å². The molecular formula is C70H79N17. The van der Waals surface area contributed by atoms with Gasteiger partial charge in [-0.3, -0.25) is 70.1 Å². The summed E-state index contributed by atoms with van der Waals surface area (Å²) in [6, 6.07) is 12.2. The molecule has 2 unspecified atom stereocenters. The van der Waals surface area contributed by atoms with Crippen molar-refractivity contribution in [3.8, 4) is 0 Å². The summed E-state index contributed by atoms with van der Waals surface area (Å²) in [5.41, 5.74) is 30.8. The molecule has 2 atom stereocenters. The van der Waals surface area contributed by atoms with Crippen molar-refractivity contribution >= 4 is 34.7 Å². The average Bonchev–Trinajstić information content (AvgIpc) is 4.56. The van der Waals surface area contributed by atoms with E-state index in [1.165, 1.54) is 135 Å². The van der Waals surface area contributed by atoms with E-state index in [-0.39, 0.29) is 0 Å². The largest absolute Gasteiger partial charge is 0.283 e. The first-order valence-electron chi connectivity index (χ1n) is 30.4. The van der Waals surface area contributed by atoms with Gasteiger partial charge >= 0.3 is 0 Å². The molecule has 0 fully saturated rings. The maximum absolute atomic E-state index is 4.26. The normalized spacial score (nSPS) is 16.8. The van der Waals surface area contributed by atoms with Gasteiger partial charge in [0.25, 0.3) is 0 Å². The van der Waals surface area contributed by atoms with Crippen LogP contribution in [-0.2, 0) is 64.5 Å². The van der Waals surface area contributed by atoms with Gasteiger partial charge in [0.15, 0.2) is 0 Å². The Morgan fingerprint density at radius 2 is 1.09 bits per heavy atom. The van der Waals surface area contributed by atoms with Crippen LogP contribution in [0.1, 0.15) is 194 Å². The van der Waals surface area contributed by atoms with Crippen LogP contribution >= 0.6 is 0 Å². The van der Waals surface area contributed by atoms with Gasteiger partial charge in [-0.2, -0.15) is 15.3 Å². The van der Waals surface area contributed by atoms with Crippen LogP contribution in [-0.4, -0.2) is 86.9 Å². The number of nitrogens with one attached hydrogen (secondary N) is 3. The van der Waals surface area contributed by atoms with E-state index in [1.807, 2.05) is 63.0 Å². The summed E-state index contributed by atoms with van der Waals surface area (Å²) >= 11 is 0. The monoisotopic (exact) mass is 1160 g/mol. The Hall–Kier alpha value is -9.38. The molecule has 7 aliphatic carbocycles. The lowest BCUT2D eigenvalue weighted by molar-refractivity contribution is 0.715. The lowest BCUT2D eigenvalue weighted by Crippen LogP contribution is -1.97. The fraction of sp³-hybridized carbons (Fsp3) is 0.343. The van der Waals surface area contributed by atoms with Crippen LogP contribution in [0.4, 0.5) is 0 Å². The summed E-state index contributed by atoms with van der Waals surface area (Å²) in [6.45, 7) is 20.5. The van der Waals surface area contributed by atoms with Crippen molar-refractivity contribution in [2.75, 3.05) is 0 Å². The molecule has 11 heterocycles. The topological polar surface area (TPSA) is 227 Å². The van der Waals surface area contributed by atoms with Crippen molar-refractivity contribution < 1.29 is 0 Å². The maximum atomic E-state index is 4.26. The fourth-order valence-electron chi connectivity index (χ4n) is 11.6. The van der Waals surface area contributed by atoms with Gasteiger partial charge in [0, 0.05) is 110 Å². The van der Waals surface area contributed by atoms with Crippen LogP contribution in [0.3, 0.4) is 0 Å². The van der Waals surface area contributed by atoms with E-state index in [0.717, 1.165) is 89.4 Å². The highest BCUT2D eigenvalue weighted by Gasteiger charge is 2.21. The van der Waals surface area contributed by atoms with Gasteiger partial charge in [0.1, 0.15) is 5.69 Å². The van der Waals surface area contributed by atoms with Crippen molar-refractivity contribution in [2.24, 2.45) is 9.98 Å². The molecule has 0 aromatic carbocycles. The predicted molar refractivity (Wildman–Crippen MR) is 346 cm³/mol. The van der Waals surface area contributed by atoms with E-state index >= 15 is 0 Å². The Morgan fingerprint density at radius 3 is 1.82 bits per heavy atom. The van der Waals surface area contributed by atoms with Crippen LogP contribution in [0.5, 0.6) is 0 Å². The van der Waals surface area contributed by atoms with E-state index in [2.05, 4.69) is 176 Å². The van der Waals surface area contributed by atoms with Crippen LogP contribution in [0.15, 0.2) is 138 Å². The van der Waals surface area contributed by atoms with Gasteiger partial charge < -0.3 is 0 Å². The summed E-state index contributed by atoms with van der Waals surface area (Å²) < 4.78 is 0. The summed E-state index contributed by atoms with van der Waals surface area (Å²) in [5, 5.41) is 21.1. The molecule has 17 nitrogen and oxygen atoms in total. The number of allylic oxidation sites excluding steroid dienone is 6. The second-order valence-electron chi connectivity index (χ2n) is 23.1. The number of nitrogens with zero attached hydrogens (tertiary/aromatic N) is 14. The number of hydrogen-bond donors (Lipinski definition) is 3. The first-order chi connectivity index (χ1) is 42.4. The third kappa shape index (κ3) is 15.6. The SMILES string of the molecule is CC1=CCc2ncccc21.CC1=CCc2nccnc21.CC1=Cc2cccnc2C1.CC1=Cc2nccnc2C1.CC1=NCc2ncccc21.CC1=NCc2nccnc21.CC1CCc2[nH]ncc21.CC1CCc2cn[nH]c21.Cc1[nH]nc2c1CCC2. The number of aliphatic imine (C=N–C) groups is 2. The fourth-order valence-corrected chi connectivity index (χ4v) is 11.6. The molecule has 3 N–H and O–H groups in total. The van der Waals surface area contributed by atoms with Gasteiger partial charge in [-0.05, 0) is 175 Å². The summed E-state index contributed by atoms with van der Waals surface area (Å²) in [7, 11) is 0. The highest BCUT2D eigenvalue weighted by molar-refractivity contribution is 6.01. The van der Waals surface area contributed by atoms with Crippen molar-refractivity contribution in [3.63, 3.8) is 0 Å². The number of H-pyrrole nitrogens is 3. The van der Waals surface area contributed by atoms with Gasteiger partial charge in [0.2, 0.25) is 0 Å². The number of fused-ring (bicyclic) bond motifs is 9. The van der Waals surface area contributed by atoms with Gasteiger partial charge in [-0.25, -0.2) is 0 Å². The number of pyridine rings is 3. The van der Waals surface area contributed by atoms with Crippen molar-refractivity contribution in [3.05, 3.63) is 235 Å². The Kier molecular flexibility index (Phi) is 20.3. The first kappa shape index (κ1) is 60.7. The number of aryl methyl sites for hydroxylation is 4. The first-order valence-corrected chi connectivity index (χ1v) is 30.4. The molecule has 0 spiro atoms. The number of aromatic amines is 3. The summed E-state index contributed by atoms with van der Waals surface area (Å²) in [6.07, 6.45) is 41.1. The van der Waals surface area contributed by atoms with Crippen molar-refractivity contribution in [2.45, 2.75) is 158 Å². The standard InChI is InChI=1S/2C9H9N.3C8H8N2.C7H7N3.3C7H10N2/c1-7-4-5-9-8(7)3-2-6-10-9;1-7-5-8-3-2-4-10-9(8)6-7;1-6-4-7-8(5-6)10-3-2-9-7;1-6-2-3-7-8(6)10-5-4-9-7;1-6-7-3-2-4-9-8(7)5-10-6;1-5-7-6(4-10-5)8-2-3-9-7;1-5-2-3-7-6(5)4-8-9-7;1-5-2-3-6-4-8-9-7(5)6;1-5-6-3-2-4-7(6)9-8-5/h2-4,6H,5H2,1H3;2-5H,6H2,1H3;2-4H,5H2,1H3;2,4-5H,3H2,1H3;2-4H,5H2,1H3;2-3H,4H2,1H3;2*4-5H,2-3H2,1H3,(H,8,9);2-4H2,1H3,(H,8,9). The van der Waals surface area contributed by atoms with Crippen molar-refractivity contribution in [1.82, 2.24) is 75.4 Å². The van der Waals surface area contributed by atoms with E-state index in [0.29, 0.717) is 12.5 Å². The van der Waals surface area contributed by atoms with Crippen LogP contribution in [0.25, 0.3) is 23.3 Å². The molecule has 444 valence electrons. The molecule has 9 aromatic heterocycles. The Morgan fingerprint density at radius 1 is 0.471 bits per heavy atom. The van der Waals surface area contributed by atoms with E-state index in [1.54, 1.807) is 37.2 Å². The van der Waals surface area contributed by atoms with Gasteiger partial charge in [-0.15, -0.1) is 0 Å². The summed E-state index contributed by atoms with van der Waals surface area (Å²) in [4.78, 5) is 46.2. The summed E-state index contributed by atoms with van der Waals surface area (Å²) in [5.74, 6) is 1.45. The van der Waals surface area contributed by atoms with E-state index < -0.39 is 0 Å². The molecule has 0 saturated carbocycles. The molecule has 0 bridgehead atoms. The Bertz CT molecular complexity index is 3660. The van der Waals surface area contributed by atoms with E-state index in [4.69, 9.17) is 0 Å². The quantitative estimate of drug-likeness (QED) is 0.129. The molecule has 17 heteroatoms. The minimum atomic E-state index is 0.703. The molecule has 0 saturated heterocycles. The smallest absolute Gasteiger partial charge is 0.107 e. The molecule has 9 aliphatic rings. The minimum absolute atomic E-state index is 0.703. The zero-order chi connectivity index (χ0) is 60.7. The highest BCUT2D eigenvalue weighted by atomic mass is 15.1. The molecule has 0 radical (unpaired) electrons. The van der Waals surface area contributed by atoms with Crippen LogP contribution in [0.2, 0.25) is 0 Å². The second kappa shape index (κ2) is 29.1. The number of hydrogen-bond acceptors (Lipinski definition) is 14. The Labute approximate surface area is 510 Å². The second-order valence-corrected chi connectivity index (χ2v) is 23.1. The van der Waals surface area contributed by atoms with Crippen molar-refractivity contribution in [1.29, 1.82) is 0 Å². The maximum Gasteiger partial charge on any atom is 0.107 e. The number of aromatic nitrogens is 15. The molecule has 0 amide bonds. The molecular weight excluding hydrogens is 1080 g/mol. The van der Waals surface area contributed by atoms with Crippen LogP contribution < -0.4 is 0 Å². The number of rotatable bonds is 0. The van der Waals surface area contributed by atoms with Gasteiger partial charge in [0.05, 0.1) is 82.4 Å². The Balaban J connectivity index is 0.000000108. The molecule has 2 aliphatic heterocycles. The third-order valence-corrected chi connectivity index (χ3v) is 16.6. The van der Waals surface area contributed by atoms with E-state index in [9.17, 15) is 0 Å². The lowest BCUT2D eigenvalue weighted by atomic mass is 10.1. The third-order valence-electron chi connectivity index (χ3n) is 16.6. The van der Waals surface area contributed by atoms with Crippen LogP contribution in [0, 0.1) is 6.92 Å². The highest BCUT2D eigenvalue weighted by Crippen LogP contribution is 2.31. The molecule has 87 heavy (non-hydrogen) atoms. The zero-order valence-electron chi connectivity index (χ0n) is 51.7. The molecule has 9 aromatic rings. The predicted octanol–water partition coefficient (Wildman–Crippen LogP) is 13.3. The lowest BCUT2D eigenvalue weighted by Gasteiger charge is -1.96. The average molecular weight is 1160 g/mol. The minimum Gasteiger partial charge on any atom is -0.283 e.